The zero-order valence-corrected chi connectivity index (χ0v) is 15.0. The maximum Gasteiger partial charge on any atom is 0.328 e. The van der Waals surface area contributed by atoms with Crippen LogP contribution < -0.4 is 0 Å². The Balaban J connectivity index is 2.07. The number of rotatable bonds is 7. The second kappa shape index (κ2) is 8.31. The Hall–Kier alpha value is -3.41. The van der Waals surface area contributed by atoms with Crippen LogP contribution in [0.2, 0.25) is 0 Å². The van der Waals surface area contributed by atoms with Crippen LogP contribution in [0, 0.1) is 0 Å². The third kappa shape index (κ3) is 4.41. The molecular weight excluding hydrogens is 344 g/mol. The summed E-state index contributed by atoms with van der Waals surface area (Å²) in [6, 6.07) is 9.63. The van der Waals surface area contributed by atoms with Crippen LogP contribution in [0.3, 0.4) is 0 Å². The molecule has 6 heteroatoms. The average Bonchev–Trinajstić information content (AvgIpc) is 3.03. The molecule has 138 valence electrons. The molecule has 1 N–H and O–H groups in total. The highest BCUT2D eigenvalue weighted by atomic mass is 16.5. The van der Waals surface area contributed by atoms with E-state index in [9.17, 15) is 9.59 Å². The van der Waals surface area contributed by atoms with E-state index in [2.05, 4.69) is 4.98 Å². The van der Waals surface area contributed by atoms with Crippen LogP contribution in [-0.4, -0.2) is 33.7 Å². The van der Waals surface area contributed by atoms with E-state index < -0.39 is 5.97 Å². The van der Waals surface area contributed by atoms with E-state index in [-0.39, 0.29) is 12.4 Å². The first-order valence-corrected chi connectivity index (χ1v) is 8.56. The molecule has 2 aromatic heterocycles. The summed E-state index contributed by atoms with van der Waals surface area (Å²) in [4.78, 5) is 26.7. The summed E-state index contributed by atoms with van der Waals surface area (Å²) in [5.41, 5.74) is 3.88. The number of hydrogen-bond acceptors (Lipinski definition) is 4. The zero-order chi connectivity index (χ0) is 19.2. The third-order valence-electron chi connectivity index (χ3n) is 4.32. The molecule has 0 saturated carbocycles. The van der Waals surface area contributed by atoms with Crippen molar-refractivity contribution in [3.8, 4) is 0 Å². The Labute approximate surface area is 156 Å². The minimum atomic E-state index is -0.995. The highest BCUT2D eigenvalue weighted by Gasteiger charge is 2.13. The predicted molar refractivity (Wildman–Crippen MR) is 102 cm³/mol. The molecule has 1 aromatic carbocycles. The van der Waals surface area contributed by atoms with Crippen molar-refractivity contribution in [2.75, 3.05) is 7.11 Å². The van der Waals surface area contributed by atoms with E-state index in [1.807, 2.05) is 47.3 Å². The Kier molecular flexibility index (Phi) is 5.66. The summed E-state index contributed by atoms with van der Waals surface area (Å²) in [7, 11) is 1.37. The lowest BCUT2D eigenvalue weighted by Crippen LogP contribution is -2.06. The molecule has 0 aliphatic heterocycles. The summed E-state index contributed by atoms with van der Waals surface area (Å²) < 4.78 is 6.75. The van der Waals surface area contributed by atoms with Gasteiger partial charge in [0.05, 0.1) is 13.5 Å². The standard InChI is InChI=1S/C21H20N2O4/c1-27-20(26)9-11-23-14-17(12-15-4-3-10-22-13-15)21-16(7-8-19(24)25)5-2-6-18(21)23/h2-8,10,13-14H,9,11-12H2,1H3,(H,24,25). The minimum Gasteiger partial charge on any atom is -0.478 e. The predicted octanol–water partition coefficient (Wildman–Crippen LogP) is 3.29. The minimum absolute atomic E-state index is 0.266. The molecular formula is C21H20N2O4. The molecule has 0 spiro atoms. The van der Waals surface area contributed by atoms with E-state index in [1.54, 1.807) is 12.3 Å². The van der Waals surface area contributed by atoms with Gasteiger partial charge in [0.2, 0.25) is 0 Å². The van der Waals surface area contributed by atoms with Crippen molar-refractivity contribution >= 4 is 28.9 Å². The van der Waals surface area contributed by atoms with Gasteiger partial charge in [0.1, 0.15) is 0 Å². The second-order valence-electron chi connectivity index (χ2n) is 6.12. The van der Waals surface area contributed by atoms with E-state index >= 15 is 0 Å². The van der Waals surface area contributed by atoms with Crippen LogP contribution in [0.1, 0.15) is 23.1 Å². The largest absolute Gasteiger partial charge is 0.478 e. The SMILES string of the molecule is COC(=O)CCn1cc(Cc2cccnc2)c2c(C=CC(=O)O)cccc21. The van der Waals surface area contributed by atoms with Crippen molar-refractivity contribution < 1.29 is 19.4 Å². The van der Waals surface area contributed by atoms with Crippen LogP contribution in [0.4, 0.5) is 0 Å². The van der Waals surface area contributed by atoms with Gasteiger partial charge in [0.15, 0.2) is 0 Å². The first kappa shape index (κ1) is 18.4. The van der Waals surface area contributed by atoms with Gasteiger partial charge in [-0.15, -0.1) is 0 Å². The highest BCUT2D eigenvalue weighted by molar-refractivity contribution is 5.95. The number of carbonyl (C=O) groups is 2. The maximum atomic E-state index is 11.5. The molecule has 27 heavy (non-hydrogen) atoms. The Morgan fingerprint density at radius 3 is 2.81 bits per heavy atom. The molecule has 0 bridgehead atoms. The number of benzene rings is 1. The van der Waals surface area contributed by atoms with Gasteiger partial charge < -0.3 is 14.4 Å². The number of ether oxygens (including phenoxy) is 1. The van der Waals surface area contributed by atoms with Gasteiger partial charge in [0, 0.05) is 48.5 Å². The number of aliphatic carboxylic acids is 1. The summed E-state index contributed by atoms with van der Waals surface area (Å²) in [6.45, 7) is 0.488. The molecule has 0 atom stereocenters. The number of methoxy groups -OCH3 is 1. The quantitative estimate of drug-likeness (QED) is 0.514. The number of carboxylic acids is 1. The Morgan fingerprint density at radius 2 is 2.11 bits per heavy atom. The van der Waals surface area contributed by atoms with Gasteiger partial charge in [-0.05, 0) is 34.9 Å². The Morgan fingerprint density at radius 1 is 1.26 bits per heavy atom. The van der Waals surface area contributed by atoms with Crippen molar-refractivity contribution in [1.82, 2.24) is 9.55 Å². The fraction of sp³-hybridized carbons (Fsp3) is 0.190. The molecule has 0 unspecified atom stereocenters. The summed E-state index contributed by atoms with van der Waals surface area (Å²) in [5.74, 6) is -1.27. The summed E-state index contributed by atoms with van der Waals surface area (Å²) in [6.07, 6.45) is 9.21. The lowest BCUT2D eigenvalue weighted by atomic mass is 10.0. The van der Waals surface area contributed by atoms with E-state index in [4.69, 9.17) is 9.84 Å². The molecule has 3 aromatic rings. The van der Waals surface area contributed by atoms with Gasteiger partial charge in [-0.1, -0.05) is 18.2 Å². The van der Waals surface area contributed by atoms with Crippen LogP contribution in [0.5, 0.6) is 0 Å². The van der Waals surface area contributed by atoms with E-state index in [0.29, 0.717) is 13.0 Å². The molecule has 0 radical (unpaired) electrons. The average molecular weight is 364 g/mol. The number of aromatic nitrogens is 2. The number of fused-ring (bicyclic) bond motifs is 1. The van der Waals surface area contributed by atoms with Crippen molar-refractivity contribution in [2.45, 2.75) is 19.4 Å². The van der Waals surface area contributed by atoms with Crippen molar-refractivity contribution in [1.29, 1.82) is 0 Å². The fourth-order valence-electron chi connectivity index (χ4n) is 3.12. The number of hydrogen-bond donors (Lipinski definition) is 1. The fourth-order valence-corrected chi connectivity index (χ4v) is 3.12. The zero-order valence-electron chi connectivity index (χ0n) is 15.0. The molecule has 0 aliphatic carbocycles. The first-order valence-electron chi connectivity index (χ1n) is 8.56. The van der Waals surface area contributed by atoms with Crippen LogP contribution in [0.25, 0.3) is 17.0 Å². The third-order valence-corrected chi connectivity index (χ3v) is 4.32. The van der Waals surface area contributed by atoms with Crippen molar-refractivity contribution in [2.24, 2.45) is 0 Å². The molecule has 0 aliphatic rings. The first-order chi connectivity index (χ1) is 13.1. The molecule has 0 saturated heterocycles. The highest BCUT2D eigenvalue weighted by Crippen LogP contribution is 2.28. The monoisotopic (exact) mass is 364 g/mol. The normalized spacial score (nSPS) is 11.1. The number of carbonyl (C=O) groups excluding carboxylic acids is 1. The number of aryl methyl sites for hydroxylation is 1. The summed E-state index contributed by atoms with van der Waals surface area (Å²) >= 11 is 0. The number of esters is 1. The molecule has 2 heterocycles. The topological polar surface area (TPSA) is 81.4 Å². The maximum absolute atomic E-state index is 11.5. The molecule has 6 nitrogen and oxygen atoms in total. The van der Waals surface area contributed by atoms with Gasteiger partial charge in [-0.25, -0.2) is 4.79 Å². The van der Waals surface area contributed by atoms with Crippen molar-refractivity contribution in [3.63, 3.8) is 0 Å². The Bertz CT molecular complexity index is 990. The number of pyridine rings is 1. The van der Waals surface area contributed by atoms with Gasteiger partial charge in [-0.2, -0.15) is 0 Å². The smallest absolute Gasteiger partial charge is 0.328 e. The molecule has 3 rings (SSSR count). The van der Waals surface area contributed by atoms with Gasteiger partial charge in [0.25, 0.3) is 0 Å². The van der Waals surface area contributed by atoms with Crippen LogP contribution >= 0.6 is 0 Å². The van der Waals surface area contributed by atoms with Crippen LogP contribution in [-0.2, 0) is 27.3 Å². The number of nitrogens with zero attached hydrogens (tertiary/aromatic N) is 2. The summed E-state index contributed by atoms with van der Waals surface area (Å²) in [5, 5.41) is 9.95. The van der Waals surface area contributed by atoms with Crippen LogP contribution in [0.15, 0.2) is 55.0 Å². The van der Waals surface area contributed by atoms with Gasteiger partial charge >= 0.3 is 11.9 Å². The van der Waals surface area contributed by atoms with E-state index in [0.717, 1.165) is 33.7 Å². The van der Waals surface area contributed by atoms with E-state index in [1.165, 1.54) is 7.11 Å². The second-order valence-corrected chi connectivity index (χ2v) is 6.12. The molecule has 0 fully saturated rings. The van der Waals surface area contributed by atoms with Gasteiger partial charge in [-0.3, -0.25) is 9.78 Å². The lowest BCUT2D eigenvalue weighted by molar-refractivity contribution is -0.140. The number of carboxylic acid groups (broad SMARTS) is 1. The lowest BCUT2D eigenvalue weighted by Gasteiger charge is -2.05. The molecule has 0 amide bonds. The van der Waals surface area contributed by atoms with Crippen molar-refractivity contribution in [3.05, 3.63) is 71.7 Å².